The van der Waals surface area contributed by atoms with Gasteiger partial charge in [0.05, 0.1) is 6.61 Å². The van der Waals surface area contributed by atoms with Crippen LogP contribution in [0.2, 0.25) is 0 Å². The number of hydrogen-bond acceptors (Lipinski definition) is 6. The van der Waals surface area contributed by atoms with Crippen molar-refractivity contribution in [3.8, 4) is 0 Å². The third-order valence-corrected chi connectivity index (χ3v) is 10.6. The quantitative estimate of drug-likeness (QED) is 0.0205. The molecule has 0 rings (SSSR count). The lowest BCUT2D eigenvalue weighted by Crippen LogP contribution is -2.29. The SMILES string of the molecule is CCCCCC/C=C/C=C/CCCCCCCC(=O)O[C@H](COC(=O)CCC/C=C/CCCCCCCCCCCCCCCCCCCC)COP(=O)(O)O. The Labute approximate surface area is 344 Å². The summed E-state index contributed by atoms with van der Waals surface area (Å²) >= 11 is 0. The molecule has 1 atom stereocenters. The second-order valence-electron chi connectivity index (χ2n) is 15.8. The number of phosphoric acid groups is 1. The monoisotopic (exact) mass is 811 g/mol. The minimum Gasteiger partial charge on any atom is -0.462 e. The van der Waals surface area contributed by atoms with Gasteiger partial charge < -0.3 is 19.3 Å². The summed E-state index contributed by atoms with van der Waals surface area (Å²) < 4.78 is 26.4. The van der Waals surface area contributed by atoms with Crippen molar-refractivity contribution in [3.63, 3.8) is 0 Å². The maximum atomic E-state index is 12.4. The van der Waals surface area contributed by atoms with Gasteiger partial charge in [-0.3, -0.25) is 14.1 Å². The Balaban J connectivity index is 3.87. The van der Waals surface area contributed by atoms with Crippen LogP contribution in [0.4, 0.5) is 0 Å². The number of phosphoric ester groups is 1. The molecule has 328 valence electrons. The Hall–Kier alpha value is -1.73. The van der Waals surface area contributed by atoms with E-state index in [1.807, 2.05) is 0 Å². The van der Waals surface area contributed by atoms with Crippen LogP contribution >= 0.6 is 7.82 Å². The number of esters is 2. The summed E-state index contributed by atoms with van der Waals surface area (Å²) in [4.78, 5) is 42.9. The molecule has 0 unspecified atom stereocenters. The number of allylic oxidation sites excluding steroid dienone is 6. The zero-order valence-corrected chi connectivity index (χ0v) is 37.2. The standard InChI is InChI=1S/C47H87O8P/c1-3-5-7-9-11-13-15-17-19-20-21-22-23-24-25-26-28-29-31-33-35-37-39-41-46(48)53-43-45(44-54-56(50,51)52)55-47(49)42-40-38-36-34-32-30-27-18-16-14-12-10-8-6-4-2/h14,16,18,27,33,35,45H,3-13,15,17,19-26,28-32,34,36-44H2,1-2H3,(H2,50,51,52)/b16-14+,27-18+,35-33+/t45-/m1/s1. The highest BCUT2D eigenvalue weighted by Crippen LogP contribution is 2.36. The van der Waals surface area contributed by atoms with E-state index in [1.165, 1.54) is 141 Å². The highest BCUT2D eigenvalue weighted by Gasteiger charge is 2.22. The molecule has 0 heterocycles. The summed E-state index contributed by atoms with van der Waals surface area (Å²) in [6.45, 7) is 3.65. The Morgan fingerprint density at radius 1 is 0.464 bits per heavy atom. The third-order valence-electron chi connectivity index (χ3n) is 10.2. The maximum Gasteiger partial charge on any atom is 0.469 e. The van der Waals surface area contributed by atoms with Crippen molar-refractivity contribution in [2.24, 2.45) is 0 Å². The van der Waals surface area contributed by atoms with Crippen LogP contribution in [0.1, 0.15) is 232 Å². The van der Waals surface area contributed by atoms with Gasteiger partial charge in [-0.25, -0.2) is 4.57 Å². The first-order valence-corrected chi connectivity index (χ1v) is 24.8. The molecule has 9 heteroatoms. The molecule has 0 aliphatic rings. The Morgan fingerprint density at radius 3 is 1.27 bits per heavy atom. The van der Waals surface area contributed by atoms with Gasteiger partial charge in [-0.1, -0.05) is 198 Å². The summed E-state index contributed by atoms with van der Waals surface area (Å²) in [5, 5.41) is 0. The van der Waals surface area contributed by atoms with E-state index >= 15 is 0 Å². The lowest BCUT2D eigenvalue weighted by Gasteiger charge is -2.18. The van der Waals surface area contributed by atoms with Gasteiger partial charge in [0.15, 0.2) is 6.10 Å². The summed E-state index contributed by atoms with van der Waals surface area (Å²) in [6.07, 6.45) is 51.7. The fourth-order valence-corrected chi connectivity index (χ4v) is 7.02. The summed E-state index contributed by atoms with van der Waals surface area (Å²) in [5.41, 5.74) is 0. The normalized spacial score (nSPS) is 12.7. The van der Waals surface area contributed by atoms with E-state index in [1.54, 1.807) is 0 Å². The van der Waals surface area contributed by atoms with Crippen molar-refractivity contribution in [2.45, 2.75) is 238 Å². The largest absolute Gasteiger partial charge is 0.469 e. The van der Waals surface area contributed by atoms with Crippen LogP contribution in [-0.2, 0) is 28.2 Å². The number of carbonyl (C=O) groups is 2. The van der Waals surface area contributed by atoms with Crippen LogP contribution in [0.3, 0.4) is 0 Å². The molecule has 0 radical (unpaired) electrons. The van der Waals surface area contributed by atoms with E-state index in [0.717, 1.165) is 51.4 Å². The van der Waals surface area contributed by atoms with Crippen LogP contribution < -0.4 is 0 Å². The third kappa shape index (κ3) is 45.0. The van der Waals surface area contributed by atoms with Gasteiger partial charge in [0, 0.05) is 12.8 Å². The molecule has 0 aliphatic heterocycles. The van der Waals surface area contributed by atoms with Crippen molar-refractivity contribution in [1.29, 1.82) is 0 Å². The van der Waals surface area contributed by atoms with E-state index in [9.17, 15) is 14.2 Å². The minimum atomic E-state index is -4.76. The summed E-state index contributed by atoms with van der Waals surface area (Å²) in [6, 6.07) is 0. The van der Waals surface area contributed by atoms with Gasteiger partial charge in [-0.05, 0) is 57.8 Å². The number of ether oxygens (including phenoxy) is 2. The fraction of sp³-hybridized carbons (Fsp3) is 0.830. The van der Waals surface area contributed by atoms with Crippen LogP contribution in [0.15, 0.2) is 36.5 Å². The molecule has 0 aromatic carbocycles. The van der Waals surface area contributed by atoms with E-state index in [2.05, 4.69) is 54.8 Å². The first-order valence-electron chi connectivity index (χ1n) is 23.3. The molecule has 0 bridgehead atoms. The van der Waals surface area contributed by atoms with Gasteiger partial charge in [0.25, 0.3) is 0 Å². The van der Waals surface area contributed by atoms with Gasteiger partial charge in [0.2, 0.25) is 0 Å². The zero-order chi connectivity index (χ0) is 41.1. The average molecular weight is 811 g/mol. The number of hydrogen-bond donors (Lipinski definition) is 2. The van der Waals surface area contributed by atoms with Gasteiger partial charge >= 0.3 is 19.8 Å². The molecule has 0 saturated heterocycles. The van der Waals surface area contributed by atoms with E-state index < -0.39 is 32.5 Å². The number of unbranched alkanes of at least 4 members (excludes halogenated alkanes) is 28. The molecular weight excluding hydrogens is 723 g/mol. The molecule has 56 heavy (non-hydrogen) atoms. The second kappa shape index (κ2) is 42.9. The Bertz CT molecular complexity index is 1000. The summed E-state index contributed by atoms with van der Waals surface area (Å²) in [7, 11) is -4.76. The van der Waals surface area contributed by atoms with Crippen LogP contribution in [0, 0.1) is 0 Å². The molecule has 0 spiro atoms. The smallest absolute Gasteiger partial charge is 0.462 e. The van der Waals surface area contributed by atoms with Crippen LogP contribution in [0.25, 0.3) is 0 Å². The van der Waals surface area contributed by atoms with Crippen LogP contribution in [-0.4, -0.2) is 41.0 Å². The highest BCUT2D eigenvalue weighted by atomic mass is 31.2. The molecule has 0 saturated carbocycles. The molecule has 0 aliphatic carbocycles. The zero-order valence-electron chi connectivity index (χ0n) is 36.3. The van der Waals surface area contributed by atoms with Crippen molar-refractivity contribution in [2.75, 3.05) is 13.2 Å². The first kappa shape index (κ1) is 54.3. The second-order valence-corrected chi connectivity index (χ2v) is 17.0. The fourth-order valence-electron chi connectivity index (χ4n) is 6.66. The topological polar surface area (TPSA) is 119 Å². The van der Waals surface area contributed by atoms with Crippen molar-refractivity contribution in [3.05, 3.63) is 36.5 Å². The van der Waals surface area contributed by atoms with Crippen molar-refractivity contribution >= 4 is 19.8 Å². The number of rotatable bonds is 43. The van der Waals surface area contributed by atoms with Crippen molar-refractivity contribution < 1.29 is 37.9 Å². The predicted octanol–water partition coefficient (Wildman–Crippen LogP) is 14.5. The minimum absolute atomic E-state index is 0.190. The van der Waals surface area contributed by atoms with Gasteiger partial charge in [0.1, 0.15) is 6.61 Å². The first-order chi connectivity index (χ1) is 27.3. The Kier molecular flexibility index (Phi) is 41.5. The Morgan fingerprint density at radius 2 is 0.821 bits per heavy atom. The lowest BCUT2D eigenvalue weighted by atomic mass is 10.0. The molecule has 0 amide bonds. The predicted molar refractivity (Wildman–Crippen MR) is 235 cm³/mol. The molecule has 0 aromatic rings. The van der Waals surface area contributed by atoms with Crippen molar-refractivity contribution in [1.82, 2.24) is 0 Å². The van der Waals surface area contributed by atoms with E-state index in [0.29, 0.717) is 12.8 Å². The maximum absolute atomic E-state index is 12.4. The van der Waals surface area contributed by atoms with E-state index in [-0.39, 0.29) is 19.4 Å². The average Bonchev–Trinajstić information content (AvgIpc) is 3.17. The summed E-state index contributed by atoms with van der Waals surface area (Å²) in [5.74, 6) is -0.933. The number of carbonyl (C=O) groups excluding carboxylic acids is 2. The van der Waals surface area contributed by atoms with Gasteiger partial charge in [-0.2, -0.15) is 0 Å². The lowest BCUT2D eigenvalue weighted by molar-refractivity contribution is -0.161. The highest BCUT2D eigenvalue weighted by molar-refractivity contribution is 7.46. The molecule has 0 fully saturated rings. The molecule has 8 nitrogen and oxygen atoms in total. The van der Waals surface area contributed by atoms with E-state index in [4.69, 9.17) is 19.3 Å². The molecule has 2 N–H and O–H groups in total. The molecule has 0 aromatic heterocycles. The van der Waals surface area contributed by atoms with Crippen LogP contribution in [0.5, 0.6) is 0 Å². The molecular formula is C47H87O8P. The van der Waals surface area contributed by atoms with Gasteiger partial charge in [-0.15, -0.1) is 0 Å².